The highest BCUT2D eigenvalue weighted by Gasteiger charge is 2.23. The van der Waals surface area contributed by atoms with Crippen LogP contribution in [0.5, 0.6) is 5.75 Å². The fraction of sp³-hybridized carbons (Fsp3) is 0.375. The second-order valence-corrected chi connectivity index (χ2v) is 5.14. The van der Waals surface area contributed by atoms with Crippen LogP contribution in [0.2, 0.25) is 0 Å². The van der Waals surface area contributed by atoms with Crippen LogP contribution in [0.1, 0.15) is 24.8 Å². The Bertz CT molecular complexity index is 564. The van der Waals surface area contributed by atoms with Crippen LogP contribution >= 0.6 is 0 Å². The zero-order valence-corrected chi connectivity index (χ0v) is 10.9. The van der Waals surface area contributed by atoms with E-state index >= 15 is 0 Å². The van der Waals surface area contributed by atoms with Crippen molar-refractivity contribution in [3.63, 3.8) is 0 Å². The molecular weight excluding hydrogens is 222 g/mol. The second-order valence-electron chi connectivity index (χ2n) is 5.14. The molecule has 0 aromatic heterocycles. The Labute approximate surface area is 108 Å². The molecule has 0 spiro atoms. The van der Waals surface area contributed by atoms with Crippen LogP contribution in [0.3, 0.4) is 0 Å². The first-order valence-electron chi connectivity index (χ1n) is 6.58. The number of fused-ring (bicyclic) bond motifs is 1. The molecular formula is C16H19NO. The van der Waals surface area contributed by atoms with Crippen LogP contribution < -0.4 is 10.1 Å². The zero-order valence-electron chi connectivity index (χ0n) is 10.9. The molecule has 2 unspecified atom stereocenters. The highest BCUT2D eigenvalue weighted by molar-refractivity contribution is 5.91. The van der Waals surface area contributed by atoms with E-state index in [0.717, 1.165) is 12.3 Å². The van der Waals surface area contributed by atoms with E-state index in [9.17, 15) is 0 Å². The van der Waals surface area contributed by atoms with Gasteiger partial charge in [-0.15, -0.1) is 0 Å². The van der Waals surface area contributed by atoms with Gasteiger partial charge in [0, 0.05) is 18.0 Å². The van der Waals surface area contributed by atoms with Crippen molar-refractivity contribution in [3.05, 3.63) is 42.0 Å². The maximum Gasteiger partial charge on any atom is 0.126 e. The first kappa shape index (κ1) is 11.5. The third-order valence-electron chi connectivity index (χ3n) is 3.93. The average Bonchev–Trinajstić information content (AvgIpc) is 2.84. The molecule has 0 aliphatic carbocycles. The molecule has 94 valence electrons. The predicted octanol–water partition coefficient (Wildman–Crippen LogP) is 3.31. The molecule has 3 rings (SSSR count). The number of rotatable bonds is 2. The average molecular weight is 241 g/mol. The summed E-state index contributed by atoms with van der Waals surface area (Å²) in [5, 5.41) is 6.08. The van der Waals surface area contributed by atoms with Crippen molar-refractivity contribution in [1.29, 1.82) is 0 Å². The highest BCUT2D eigenvalue weighted by atomic mass is 16.5. The van der Waals surface area contributed by atoms with E-state index in [-0.39, 0.29) is 0 Å². The molecule has 1 saturated heterocycles. The van der Waals surface area contributed by atoms with E-state index in [0.29, 0.717) is 12.0 Å². The van der Waals surface area contributed by atoms with Crippen LogP contribution in [0.25, 0.3) is 10.8 Å². The minimum atomic E-state index is 0.621. The molecule has 1 aliphatic heterocycles. The summed E-state index contributed by atoms with van der Waals surface area (Å²) in [7, 11) is 1.74. The van der Waals surface area contributed by atoms with E-state index in [1.54, 1.807) is 7.11 Å². The maximum atomic E-state index is 5.45. The fourth-order valence-corrected chi connectivity index (χ4v) is 3.00. The van der Waals surface area contributed by atoms with Gasteiger partial charge in [0.1, 0.15) is 5.75 Å². The molecule has 0 radical (unpaired) electrons. The maximum absolute atomic E-state index is 5.45. The van der Waals surface area contributed by atoms with Crippen LogP contribution in [0.4, 0.5) is 0 Å². The van der Waals surface area contributed by atoms with Crippen molar-refractivity contribution in [2.75, 3.05) is 13.7 Å². The van der Waals surface area contributed by atoms with Gasteiger partial charge in [-0.25, -0.2) is 0 Å². The first-order valence-corrected chi connectivity index (χ1v) is 6.58. The number of hydrogen-bond donors (Lipinski definition) is 1. The molecule has 1 fully saturated rings. The summed E-state index contributed by atoms with van der Waals surface area (Å²) in [6, 6.07) is 13.5. The molecule has 0 bridgehead atoms. The Morgan fingerprint density at radius 1 is 1.11 bits per heavy atom. The zero-order chi connectivity index (χ0) is 12.5. The van der Waals surface area contributed by atoms with Gasteiger partial charge < -0.3 is 10.1 Å². The Morgan fingerprint density at radius 3 is 2.56 bits per heavy atom. The summed E-state index contributed by atoms with van der Waals surface area (Å²) < 4.78 is 5.45. The molecule has 1 N–H and O–H groups in total. The van der Waals surface area contributed by atoms with E-state index in [2.05, 4.69) is 48.6 Å². The van der Waals surface area contributed by atoms with Crippen molar-refractivity contribution >= 4 is 10.8 Å². The topological polar surface area (TPSA) is 21.3 Å². The molecule has 0 saturated carbocycles. The number of hydrogen-bond acceptors (Lipinski definition) is 2. The number of methoxy groups -OCH3 is 1. The van der Waals surface area contributed by atoms with Crippen LogP contribution in [0.15, 0.2) is 36.4 Å². The quantitative estimate of drug-likeness (QED) is 0.871. The van der Waals surface area contributed by atoms with E-state index < -0.39 is 0 Å². The normalized spacial score (nSPS) is 23.4. The molecule has 18 heavy (non-hydrogen) atoms. The molecule has 2 aromatic carbocycles. The molecule has 2 heteroatoms. The summed E-state index contributed by atoms with van der Waals surface area (Å²) >= 11 is 0. The smallest absolute Gasteiger partial charge is 0.126 e. The van der Waals surface area contributed by atoms with Gasteiger partial charge in [-0.05, 0) is 36.3 Å². The number of nitrogens with one attached hydrogen (secondary N) is 1. The summed E-state index contributed by atoms with van der Waals surface area (Å²) in [5.41, 5.74) is 1.45. The van der Waals surface area contributed by atoms with Crippen LogP contribution in [-0.4, -0.2) is 19.7 Å². The fourth-order valence-electron chi connectivity index (χ4n) is 3.00. The third kappa shape index (κ3) is 1.87. The predicted molar refractivity (Wildman–Crippen MR) is 75.3 cm³/mol. The van der Waals surface area contributed by atoms with E-state index in [1.807, 2.05) is 0 Å². The standard InChI is InChI=1S/C16H19NO/c1-11-9-12(10-17-11)13-7-8-16(18-2)15-6-4-3-5-14(13)15/h3-8,11-12,17H,9-10H2,1-2H3. The van der Waals surface area contributed by atoms with Gasteiger partial charge in [0.05, 0.1) is 7.11 Å². The lowest BCUT2D eigenvalue weighted by atomic mass is 9.91. The first-order chi connectivity index (χ1) is 8.79. The summed E-state index contributed by atoms with van der Waals surface area (Å²) in [5.74, 6) is 1.59. The van der Waals surface area contributed by atoms with E-state index in [4.69, 9.17) is 4.74 Å². The number of benzene rings is 2. The Kier molecular flexibility index (Phi) is 2.96. The minimum Gasteiger partial charge on any atom is -0.496 e. The molecule has 0 amide bonds. The van der Waals surface area contributed by atoms with Gasteiger partial charge in [-0.2, -0.15) is 0 Å². The largest absolute Gasteiger partial charge is 0.496 e. The molecule has 2 aromatic rings. The minimum absolute atomic E-state index is 0.621. The van der Waals surface area contributed by atoms with Gasteiger partial charge in [-0.3, -0.25) is 0 Å². The van der Waals surface area contributed by atoms with Crippen molar-refractivity contribution in [2.45, 2.75) is 25.3 Å². The van der Waals surface area contributed by atoms with Gasteiger partial charge in [0.15, 0.2) is 0 Å². The SMILES string of the molecule is COc1ccc(C2CNC(C)C2)c2ccccc12. The van der Waals surface area contributed by atoms with Crippen molar-refractivity contribution in [2.24, 2.45) is 0 Å². The molecule has 1 aliphatic rings. The lowest BCUT2D eigenvalue weighted by Crippen LogP contribution is -2.16. The van der Waals surface area contributed by atoms with Crippen LogP contribution in [-0.2, 0) is 0 Å². The van der Waals surface area contributed by atoms with Gasteiger partial charge >= 0.3 is 0 Å². The van der Waals surface area contributed by atoms with E-state index in [1.165, 1.54) is 22.8 Å². The third-order valence-corrected chi connectivity index (χ3v) is 3.93. The van der Waals surface area contributed by atoms with Crippen LogP contribution in [0, 0.1) is 0 Å². The van der Waals surface area contributed by atoms with Crippen molar-refractivity contribution in [1.82, 2.24) is 5.32 Å². The van der Waals surface area contributed by atoms with Gasteiger partial charge in [0.2, 0.25) is 0 Å². The van der Waals surface area contributed by atoms with Crippen molar-refractivity contribution in [3.8, 4) is 5.75 Å². The summed E-state index contributed by atoms with van der Waals surface area (Å²) in [4.78, 5) is 0. The Balaban J connectivity index is 2.13. The lowest BCUT2D eigenvalue weighted by Gasteiger charge is -2.15. The molecule has 2 atom stereocenters. The summed E-state index contributed by atoms with van der Waals surface area (Å²) in [6.07, 6.45) is 1.22. The second kappa shape index (κ2) is 4.62. The number of ether oxygens (including phenoxy) is 1. The van der Waals surface area contributed by atoms with Gasteiger partial charge in [0.25, 0.3) is 0 Å². The Morgan fingerprint density at radius 2 is 1.89 bits per heavy atom. The van der Waals surface area contributed by atoms with Gasteiger partial charge in [-0.1, -0.05) is 30.3 Å². The molecule has 1 heterocycles. The summed E-state index contributed by atoms with van der Waals surface area (Å²) in [6.45, 7) is 3.34. The monoisotopic (exact) mass is 241 g/mol. The Hall–Kier alpha value is -1.54. The molecule has 2 nitrogen and oxygen atoms in total. The lowest BCUT2D eigenvalue weighted by molar-refractivity contribution is 0.419. The van der Waals surface area contributed by atoms with Crippen molar-refractivity contribution < 1.29 is 4.74 Å². The highest BCUT2D eigenvalue weighted by Crippen LogP contribution is 2.35.